The Labute approximate surface area is 103 Å². The third-order valence-corrected chi connectivity index (χ3v) is 2.90. The molecular weight excluding hydrogens is 232 g/mol. The van der Waals surface area contributed by atoms with Gasteiger partial charge in [-0.1, -0.05) is 0 Å². The topological polar surface area (TPSA) is 64.2 Å². The molecule has 3 rings (SSSR count). The smallest absolute Gasteiger partial charge is 0.254 e. The summed E-state index contributed by atoms with van der Waals surface area (Å²) in [7, 11) is 0. The monoisotopic (exact) mass is 244 g/mol. The number of fused-ring (bicyclic) bond motifs is 1. The average Bonchev–Trinajstić information content (AvgIpc) is 2.41. The van der Waals surface area contributed by atoms with Crippen LogP contribution in [0.25, 0.3) is 11.3 Å². The molecule has 0 fully saturated rings. The Kier molecular flexibility index (Phi) is 2.51. The van der Waals surface area contributed by atoms with Gasteiger partial charge in [-0.25, -0.2) is 4.98 Å². The second-order valence-electron chi connectivity index (χ2n) is 4.06. The highest BCUT2D eigenvalue weighted by Crippen LogP contribution is 2.34. The molecule has 0 spiro atoms. The molecule has 2 aromatic rings. The van der Waals surface area contributed by atoms with Crippen molar-refractivity contribution in [2.45, 2.75) is 6.92 Å². The molecule has 0 saturated carbocycles. The van der Waals surface area contributed by atoms with Crippen LogP contribution < -0.4 is 15.0 Å². The number of rotatable bonds is 1. The molecule has 5 heteroatoms. The second-order valence-corrected chi connectivity index (χ2v) is 4.06. The predicted octanol–water partition coefficient (Wildman–Crippen LogP) is 1.52. The van der Waals surface area contributed by atoms with E-state index in [0.717, 1.165) is 11.3 Å². The molecule has 92 valence electrons. The SMILES string of the molecule is Cc1c(-c2ccc3c(c2)OCCO3)nc[nH]c1=O. The highest BCUT2D eigenvalue weighted by Gasteiger charge is 2.14. The molecule has 0 aliphatic carbocycles. The highest BCUT2D eigenvalue weighted by atomic mass is 16.6. The lowest BCUT2D eigenvalue weighted by Gasteiger charge is -2.18. The largest absolute Gasteiger partial charge is 0.486 e. The van der Waals surface area contributed by atoms with Crippen molar-refractivity contribution in [2.75, 3.05) is 13.2 Å². The Hall–Kier alpha value is -2.30. The van der Waals surface area contributed by atoms with E-state index in [0.29, 0.717) is 30.2 Å². The molecule has 0 amide bonds. The number of aromatic amines is 1. The third-order valence-electron chi connectivity index (χ3n) is 2.90. The van der Waals surface area contributed by atoms with Gasteiger partial charge in [-0.2, -0.15) is 0 Å². The Morgan fingerprint density at radius 3 is 2.83 bits per heavy atom. The fraction of sp³-hybridized carbons (Fsp3) is 0.231. The van der Waals surface area contributed by atoms with Crippen LogP contribution in [0.4, 0.5) is 0 Å². The summed E-state index contributed by atoms with van der Waals surface area (Å²) in [5, 5.41) is 0. The molecular formula is C13H12N2O3. The van der Waals surface area contributed by atoms with Gasteiger partial charge >= 0.3 is 0 Å². The van der Waals surface area contributed by atoms with Crippen molar-refractivity contribution in [1.29, 1.82) is 0 Å². The predicted molar refractivity (Wildman–Crippen MR) is 66.0 cm³/mol. The van der Waals surface area contributed by atoms with Crippen LogP contribution in [0, 0.1) is 6.92 Å². The number of hydrogen-bond acceptors (Lipinski definition) is 4. The minimum atomic E-state index is -0.130. The fourth-order valence-corrected chi connectivity index (χ4v) is 1.95. The molecule has 1 aliphatic heterocycles. The van der Waals surface area contributed by atoms with E-state index in [4.69, 9.17) is 9.47 Å². The average molecular weight is 244 g/mol. The third kappa shape index (κ3) is 1.73. The zero-order chi connectivity index (χ0) is 12.5. The van der Waals surface area contributed by atoms with Gasteiger partial charge in [0, 0.05) is 11.1 Å². The van der Waals surface area contributed by atoms with Gasteiger partial charge in [0.15, 0.2) is 11.5 Å². The summed E-state index contributed by atoms with van der Waals surface area (Å²) in [6.45, 7) is 2.85. The first kappa shape index (κ1) is 10.8. The Bertz CT molecular complexity index is 649. The van der Waals surface area contributed by atoms with Crippen LogP contribution in [0.3, 0.4) is 0 Å². The number of hydrogen-bond donors (Lipinski definition) is 1. The van der Waals surface area contributed by atoms with Crippen LogP contribution in [-0.4, -0.2) is 23.2 Å². The van der Waals surface area contributed by atoms with E-state index in [1.165, 1.54) is 6.33 Å². The first-order chi connectivity index (χ1) is 8.75. The van der Waals surface area contributed by atoms with Gasteiger partial charge in [0.2, 0.25) is 0 Å². The fourth-order valence-electron chi connectivity index (χ4n) is 1.95. The van der Waals surface area contributed by atoms with Crippen LogP contribution >= 0.6 is 0 Å². The zero-order valence-electron chi connectivity index (χ0n) is 9.90. The molecule has 18 heavy (non-hydrogen) atoms. The lowest BCUT2D eigenvalue weighted by atomic mass is 10.1. The van der Waals surface area contributed by atoms with Gasteiger partial charge in [0.05, 0.1) is 12.0 Å². The lowest BCUT2D eigenvalue weighted by molar-refractivity contribution is 0.171. The Balaban J connectivity index is 2.12. The first-order valence-electron chi connectivity index (χ1n) is 5.70. The maximum atomic E-state index is 11.6. The van der Waals surface area contributed by atoms with E-state index in [1.54, 1.807) is 6.92 Å². The van der Waals surface area contributed by atoms with Crippen molar-refractivity contribution in [3.63, 3.8) is 0 Å². The molecule has 0 saturated heterocycles. The van der Waals surface area contributed by atoms with E-state index in [2.05, 4.69) is 9.97 Å². The number of nitrogens with zero attached hydrogens (tertiary/aromatic N) is 1. The zero-order valence-corrected chi connectivity index (χ0v) is 9.90. The summed E-state index contributed by atoms with van der Waals surface area (Å²) in [5.74, 6) is 1.42. The van der Waals surface area contributed by atoms with Crippen molar-refractivity contribution in [1.82, 2.24) is 9.97 Å². The van der Waals surface area contributed by atoms with Gasteiger partial charge < -0.3 is 14.5 Å². The normalized spacial score (nSPS) is 13.4. The van der Waals surface area contributed by atoms with Gasteiger partial charge in [0.25, 0.3) is 5.56 Å². The molecule has 0 radical (unpaired) electrons. The van der Waals surface area contributed by atoms with Crippen LogP contribution in [0.15, 0.2) is 29.3 Å². The first-order valence-corrected chi connectivity index (χ1v) is 5.70. The van der Waals surface area contributed by atoms with Gasteiger partial charge in [-0.05, 0) is 25.1 Å². The van der Waals surface area contributed by atoms with Crippen molar-refractivity contribution >= 4 is 0 Å². The Morgan fingerprint density at radius 2 is 2.00 bits per heavy atom. The van der Waals surface area contributed by atoms with E-state index >= 15 is 0 Å². The molecule has 0 atom stereocenters. The molecule has 1 aromatic carbocycles. The minimum absolute atomic E-state index is 0.130. The van der Waals surface area contributed by atoms with Crippen molar-refractivity contribution in [3.05, 3.63) is 40.4 Å². The number of benzene rings is 1. The maximum absolute atomic E-state index is 11.6. The van der Waals surface area contributed by atoms with Crippen LogP contribution in [-0.2, 0) is 0 Å². The minimum Gasteiger partial charge on any atom is -0.486 e. The lowest BCUT2D eigenvalue weighted by Crippen LogP contribution is -2.15. The Morgan fingerprint density at radius 1 is 1.22 bits per heavy atom. The standard InChI is InChI=1S/C13H12N2O3/c1-8-12(14-7-15-13(8)16)9-2-3-10-11(6-9)18-5-4-17-10/h2-3,6-7H,4-5H2,1H3,(H,14,15,16). The van der Waals surface area contributed by atoms with Crippen molar-refractivity contribution < 1.29 is 9.47 Å². The summed E-state index contributed by atoms with van der Waals surface area (Å²) in [5.41, 5.74) is 1.97. The summed E-state index contributed by atoms with van der Waals surface area (Å²) >= 11 is 0. The van der Waals surface area contributed by atoms with E-state index < -0.39 is 0 Å². The molecule has 1 N–H and O–H groups in total. The van der Waals surface area contributed by atoms with Gasteiger partial charge in [0.1, 0.15) is 13.2 Å². The number of aromatic nitrogens is 2. The number of H-pyrrole nitrogens is 1. The van der Waals surface area contributed by atoms with E-state index in [1.807, 2.05) is 18.2 Å². The molecule has 0 unspecified atom stereocenters. The van der Waals surface area contributed by atoms with Crippen molar-refractivity contribution in [2.24, 2.45) is 0 Å². The second kappa shape index (κ2) is 4.18. The van der Waals surface area contributed by atoms with Crippen LogP contribution in [0.5, 0.6) is 11.5 Å². The number of nitrogens with one attached hydrogen (secondary N) is 1. The number of ether oxygens (including phenoxy) is 2. The molecule has 1 aromatic heterocycles. The van der Waals surface area contributed by atoms with Crippen LogP contribution in [0.1, 0.15) is 5.56 Å². The molecule has 2 heterocycles. The summed E-state index contributed by atoms with van der Waals surface area (Å²) in [6.07, 6.45) is 1.40. The summed E-state index contributed by atoms with van der Waals surface area (Å²) in [6, 6.07) is 5.57. The molecule has 0 bridgehead atoms. The van der Waals surface area contributed by atoms with E-state index in [-0.39, 0.29) is 5.56 Å². The summed E-state index contributed by atoms with van der Waals surface area (Å²) < 4.78 is 11.0. The summed E-state index contributed by atoms with van der Waals surface area (Å²) in [4.78, 5) is 18.3. The van der Waals surface area contributed by atoms with Crippen LogP contribution in [0.2, 0.25) is 0 Å². The van der Waals surface area contributed by atoms with Crippen molar-refractivity contribution in [3.8, 4) is 22.8 Å². The maximum Gasteiger partial charge on any atom is 0.254 e. The highest BCUT2D eigenvalue weighted by molar-refractivity contribution is 5.66. The van der Waals surface area contributed by atoms with Gasteiger partial charge in [-0.3, -0.25) is 4.79 Å². The molecule has 5 nitrogen and oxygen atoms in total. The van der Waals surface area contributed by atoms with E-state index in [9.17, 15) is 4.79 Å². The quantitative estimate of drug-likeness (QED) is 0.826. The molecule has 1 aliphatic rings. The van der Waals surface area contributed by atoms with Gasteiger partial charge in [-0.15, -0.1) is 0 Å².